The largest absolute Gasteiger partial charge is 0.461 e. The number of nitrogens with zero attached hydrogens (tertiary/aromatic N) is 1. The average Bonchev–Trinajstić information content (AvgIpc) is 2.96. The van der Waals surface area contributed by atoms with Gasteiger partial charge < -0.3 is 4.74 Å². The van der Waals surface area contributed by atoms with Crippen LogP contribution >= 0.6 is 0 Å². The molecule has 0 radical (unpaired) electrons. The summed E-state index contributed by atoms with van der Waals surface area (Å²) in [5, 5.41) is 6.59. The van der Waals surface area contributed by atoms with Crippen molar-refractivity contribution in [2.75, 3.05) is 6.61 Å². The maximum absolute atomic E-state index is 12.5. The van der Waals surface area contributed by atoms with E-state index in [1.54, 1.807) is 19.9 Å². The normalized spacial score (nSPS) is 13.0. The number of esters is 1. The standard InChI is InChI=1S/C15H15F3N2O2/c1-3-22-14(21)13-8-12(19-20-13)9(2)10-4-6-11(7-5-10)15(16,17)18/h4-9H,3H2,1-2H3,(H,19,20). The molecule has 0 amide bonds. The number of aromatic amines is 1. The van der Waals surface area contributed by atoms with Crippen molar-refractivity contribution in [1.82, 2.24) is 10.2 Å². The zero-order chi connectivity index (χ0) is 16.3. The Morgan fingerprint density at radius 1 is 1.32 bits per heavy atom. The number of hydrogen-bond donors (Lipinski definition) is 1. The fourth-order valence-electron chi connectivity index (χ4n) is 2.00. The van der Waals surface area contributed by atoms with E-state index in [1.165, 1.54) is 12.1 Å². The third-order valence-electron chi connectivity index (χ3n) is 3.27. The molecule has 4 nitrogen and oxygen atoms in total. The Balaban J connectivity index is 2.18. The predicted molar refractivity (Wildman–Crippen MR) is 73.5 cm³/mol. The summed E-state index contributed by atoms with van der Waals surface area (Å²) in [5.41, 5.74) is 0.756. The Morgan fingerprint density at radius 3 is 2.50 bits per heavy atom. The molecule has 0 bridgehead atoms. The molecule has 0 spiro atoms. The van der Waals surface area contributed by atoms with Crippen molar-refractivity contribution < 1.29 is 22.7 Å². The lowest BCUT2D eigenvalue weighted by Gasteiger charge is -2.11. The molecule has 0 saturated heterocycles. The van der Waals surface area contributed by atoms with Crippen molar-refractivity contribution in [3.8, 4) is 0 Å². The third-order valence-corrected chi connectivity index (χ3v) is 3.27. The minimum absolute atomic E-state index is 0.218. The molecule has 7 heteroatoms. The maximum Gasteiger partial charge on any atom is 0.416 e. The summed E-state index contributed by atoms with van der Waals surface area (Å²) < 4.78 is 42.5. The van der Waals surface area contributed by atoms with E-state index in [1.807, 2.05) is 0 Å². The van der Waals surface area contributed by atoms with Crippen LogP contribution in [0.3, 0.4) is 0 Å². The van der Waals surface area contributed by atoms with E-state index in [2.05, 4.69) is 10.2 Å². The molecular weight excluding hydrogens is 297 g/mol. The average molecular weight is 312 g/mol. The van der Waals surface area contributed by atoms with Crippen LogP contribution in [-0.4, -0.2) is 22.8 Å². The van der Waals surface area contributed by atoms with Crippen LogP contribution < -0.4 is 0 Å². The smallest absolute Gasteiger partial charge is 0.416 e. The number of H-pyrrole nitrogens is 1. The highest BCUT2D eigenvalue weighted by molar-refractivity contribution is 5.87. The number of halogens is 3. The fraction of sp³-hybridized carbons (Fsp3) is 0.333. The summed E-state index contributed by atoms with van der Waals surface area (Å²) in [4.78, 5) is 11.6. The van der Waals surface area contributed by atoms with Gasteiger partial charge in [-0.1, -0.05) is 19.1 Å². The first-order valence-corrected chi connectivity index (χ1v) is 6.72. The van der Waals surface area contributed by atoms with Gasteiger partial charge in [0.25, 0.3) is 0 Å². The van der Waals surface area contributed by atoms with Crippen LogP contribution in [0.4, 0.5) is 13.2 Å². The number of aromatic nitrogens is 2. The Hall–Kier alpha value is -2.31. The topological polar surface area (TPSA) is 55.0 Å². The lowest BCUT2D eigenvalue weighted by molar-refractivity contribution is -0.137. The van der Waals surface area contributed by atoms with Crippen molar-refractivity contribution in [2.24, 2.45) is 0 Å². The fourth-order valence-corrected chi connectivity index (χ4v) is 2.00. The lowest BCUT2D eigenvalue weighted by atomic mass is 9.96. The zero-order valence-corrected chi connectivity index (χ0v) is 12.1. The molecule has 22 heavy (non-hydrogen) atoms. The van der Waals surface area contributed by atoms with E-state index in [-0.39, 0.29) is 18.2 Å². The second kappa shape index (κ2) is 6.21. The van der Waals surface area contributed by atoms with E-state index in [0.29, 0.717) is 11.3 Å². The van der Waals surface area contributed by atoms with E-state index >= 15 is 0 Å². The molecule has 0 fully saturated rings. The van der Waals surface area contributed by atoms with E-state index in [0.717, 1.165) is 12.1 Å². The van der Waals surface area contributed by atoms with Gasteiger partial charge in [0.1, 0.15) is 5.69 Å². The summed E-state index contributed by atoms with van der Waals surface area (Å²) >= 11 is 0. The van der Waals surface area contributed by atoms with Crippen molar-refractivity contribution in [2.45, 2.75) is 25.9 Å². The van der Waals surface area contributed by atoms with Gasteiger partial charge >= 0.3 is 12.1 Å². The molecule has 118 valence electrons. The number of rotatable bonds is 4. The molecule has 1 aromatic heterocycles. The van der Waals surface area contributed by atoms with Gasteiger partial charge in [-0.15, -0.1) is 0 Å². The molecule has 2 aromatic rings. The zero-order valence-electron chi connectivity index (χ0n) is 12.1. The summed E-state index contributed by atoms with van der Waals surface area (Å²) in [7, 11) is 0. The molecule has 1 unspecified atom stereocenters. The van der Waals surface area contributed by atoms with Gasteiger partial charge in [-0.2, -0.15) is 18.3 Å². The van der Waals surface area contributed by atoms with Gasteiger partial charge in [0.05, 0.1) is 17.9 Å². The predicted octanol–water partition coefficient (Wildman–Crippen LogP) is 3.76. The Morgan fingerprint density at radius 2 is 1.95 bits per heavy atom. The highest BCUT2D eigenvalue weighted by atomic mass is 19.4. The number of alkyl halides is 3. The Bertz CT molecular complexity index is 648. The highest BCUT2D eigenvalue weighted by Gasteiger charge is 2.30. The van der Waals surface area contributed by atoms with Crippen LogP contribution in [0.15, 0.2) is 30.3 Å². The quantitative estimate of drug-likeness (QED) is 0.875. The van der Waals surface area contributed by atoms with Gasteiger partial charge in [-0.05, 0) is 30.7 Å². The van der Waals surface area contributed by atoms with Gasteiger partial charge in [0, 0.05) is 5.92 Å². The second-order valence-corrected chi connectivity index (χ2v) is 4.77. The first-order valence-electron chi connectivity index (χ1n) is 6.72. The molecule has 0 saturated carbocycles. The van der Waals surface area contributed by atoms with Crippen LogP contribution in [0.25, 0.3) is 0 Å². The first kappa shape index (κ1) is 16.1. The van der Waals surface area contributed by atoms with Gasteiger partial charge in [-0.25, -0.2) is 4.79 Å². The first-order chi connectivity index (χ1) is 10.3. The molecule has 1 N–H and O–H groups in total. The van der Waals surface area contributed by atoms with Gasteiger partial charge in [0.2, 0.25) is 0 Å². The number of nitrogens with one attached hydrogen (secondary N) is 1. The minimum Gasteiger partial charge on any atom is -0.461 e. The molecule has 0 aliphatic carbocycles. The minimum atomic E-state index is -4.36. The van der Waals surface area contributed by atoms with Crippen molar-refractivity contribution in [3.63, 3.8) is 0 Å². The van der Waals surface area contributed by atoms with Crippen LogP contribution in [0.2, 0.25) is 0 Å². The number of ether oxygens (including phenoxy) is 1. The molecule has 2 rings (SSSR count). The highest BCUT2D eigenvalue weighted by Crippen LogP contribution is 2.31. The maximum atomic E-state index is 12.5. The van der Waals surface area contributed by atoms with E-state index in [4.69, 9.17) is 4.74 Å². The third kappa shape index (κ3) is 3.47. The van der Waals surface area contributed by atoms with E-state index < -0.39 is 17.7 Å². The number of carbonyl (C=O) groups is 1. The van der Waals surface area contributed by atoms with Gasteiger partial charge in [0.15, 0.2) is 0 Å². The summed E-state index contributed by atoms with van der Waals surface area (Å²) in [6, 6.07) is 6.42. The summed E-state index contributed by atoms with van der Waals surface area (Å²) in [6.45, 7) is 3.75. The SMILES string of the molecule is CCOC(=O)c1cc(C(C)c2ccc(C(F)(F)F)cc2)n[nH]1. The van der Waals surface area contributed by atoms with Crippen LogP contribution in [0.5, 0.6) is 0 Å². The molecule has 0 aliphatic rings. The van der Waals surface area contributed by atoms with Crippen molar-refractivity contribution >= 4 is 5.97 Å². The van der Waals surface area contributed by atoms with E-state index in [9.17, 15) is 18.0 Å². The van der Waals surface area contributed by atoms with Crippen molar-refractivity contribution in [3.05, 3.63) is 52.8 Å². The molecule has 1 heterocycles. The number of carbonyl (C=O) groups excluding carboxylic acids is 1. The summed E-state index contributed by atoms with van der Waals surface area (Å²) in [6.07, 6.45) is -4.36. The number of hydrogen-bond acceptors (Lipinski definition) is 3. The van der Waals surface area contributed by atoms with Crippen LogP contribution in [0, 0.1) is 0 Å². The van der Waals surface area contributed by atoms with Crippen molar-refractivity contribution in [1.29, 1.82) is 0 Å². The number of benzene rings is 1. The lowest BCUT2D eigenvalue weighted by Crippen LogP contribution is -2.05. The van der Waals surface area contributed by atoms with Crippen LogP contribution in [-0.2, 0) is 10.9 Å². The Kier molecular flexibility index (Phi) is 4.54. The monoisotopic (exact) mass is 312 g/mol. The molecule has 1 atom stereocenters. The summed E-state index contributed by atoms with van der Waals surface area (Å²) in [5.74, 6) is -0.762. The molecule has 0 aliphatic heterocycles. The Labute approximate surface area is 125 Å². The molecular formula is C15H15F3N2O2. The second-order valence-electron chi connectivity index (χ2n) is 4.77. The molecule has 1 aromatic carbocycles. The van der Waals surface area contributed by atoms with Gasteiger partial charge in [-0.3, -0.25) is 5.10 Å². The van der Waals surface area contributed by atoms with Crippen LogP contribution in [0.1, 0.15) is 47.1 Å².